The molecule has 1 aliphatic heterocycles. The highest BCUT2D eigenvalue weighted by Crippen LogP contribution is 2.32. The second-order valence-electron chi connectivity index (χ2n) is 9.26. The number of benzene rings is 1. The maximum Gasteiger partial charge on any atom is 0.313 e. The van der Waals surface area contributed by atoms with Gasteiger partial charge in [-0.05, 0) is 32.0 Å². The largest absolute Gasteiger partial charge is 0.496 e. The zero-order valence-corrected chi connectivity index (χ0v) is 20.2. The molecule has 0 saturated carbocycles. The summed E-state index contributed by atoms with van der Waals surface area (Å²) in [6.45, 7) is 9.00. The van der Waals surface area contributed by atoms with E-state index < -0.39 is 17.4 Å². The molecule has 0 bridgehead atoms. The molecule has 35 heavy (non-hydrogen) atoms. The number of ether oxygens (including phenoxy) is 1. The van der Waals surface area contributed by atoms with E-state index in [1.165, 1.54) is 19.1 Å². The van der Waals surface area contributed by atoms with Gasteiger partial charge in [0.2, 0.25) is 0 Å². The number of nitrogens with one attached hydrogen (secondary N) is 2. The summed E-state index contributed by atoms with van der Waals surface area (Å²) >= 11 is 0. The monoisotopic (exact) mass is 481 g/mol. The Morgan fingerprint density at radius 3 is 2.54 bits per heavy atom. The van der Waals surface area contributed by atoms with Crippen molar-refractivity contribution in [2.24, 2.45) is 0 Å². The maximum atomic E-state index is 12.6. The molecule has 0 unspecified atom stereocenters. The molecular formula is C25H31N5O5. The van der Waals surface area contributed by atoms with Crippen LogP contribution < -0.4 is 15.4 Å². The number of anilines is 1. The number of amides is 2. The lowest BCUT2D eigenvalue weighted by Crippen LogP contribution is -2.57. The van der Waals surface area contributed by atoms with E-state index >= 15 is 0 Å². The number of furan rings is 1. The Balaban J connectivity index is 1.27. The summed E-state index contributed by atoms with van der Waals surface area (Å²) in [7, 11) is 1.52. The molecule has 4 rings (SSSR count). The van der Waals surface area contributed by atoms with Crippen LogP contribution in [0.4, 0.5) is 5.69 Å². The summed E-state index contributed by atoms with van der Waals surface area (Å²) < 4.78 is 15.9. The standard InChI is InChI=1S/C25H31N5O5/c1-25(2,16-30-9-7-29(8-10-30)14-18-6-11-34-15-18)28-24(32)23(31)27-19-4-5-20(21(12-19)33-3)22-13-26-17-35-22/h4-6,11-13,15,17H,7-10,14,16H2,1-3H3,(H,27,31)(H,28,32). The molecule has 3 aromatic rings. The number of nitrogens with zero attached hydrogens (tertiary/aromatic N) is 3. The molecule has 0 atom stereocenters. The number of hydrogen-bond acceptors (Lipinski definition) is 8. The first kappa shape index (κ1) is 24.5. The van der Waals surface area contributed by atoms with Crippen LogP contribution in [0.2, 0.25) is 0 Å². The van der Waals surface area contributed by atoms with Crippen LogP contribution in [0.25, 0.3) is 11.3 Å². The van der Waals surface area contributed by atoms with E-state index in [0.717, 1.165) is 32.7 Å². The zero-order chi connectivity index (χ0) is 24.8. The van der Waals surface area contributed by atoms with Gasteiger partial charge >= 0.3 is 11.8 Å². The summed E-state index contributed by atoms with van der Waals surface area (Å²) in [4.78, 5) is 33.8. The van der Waals surface area contributed by atoms with Crippen LogP contribution >= 0.6 is 0 Å². The van der Waals surface area contributed by atoms with Crippen molar-refractivity contribution in [3.05, 3.63) is 54.9 Å². The maximum absolute atomic E-state index is 12.6. The SMILES string of the molecule is COc1cc(NC(=O)C(=O)NC(C)(C)CN2CCN(Cc3ccoc3)CC2)ccc1-c1cnco1. The number of hydrogen-bond donors (Lipinski definition) is 2. The van der Waals surface area contributed by atoms with E-state index in [1.54, 1.807) is 36.9 Å². The molecule has 0 radical (unpaired) electrons. The predicted molar refractivity (Wildman–Crippen MR) is 130 cm³/mol. The minimum absolute atomic E-state index is 0.441. The van der Waals surface area contributed by atoms with Gasteiger partial charge in [0.15, 0.2) is 12.2 Å². The molecule has 3 heterocycles. The summed E-state index contributed by atoms with van der Waals surface area (Å²) in [5, 5.41) is 5.50. The fourth-order valence-electron chi connectivity index (χ4n) is 4.22. The van der Waals surface area contributed by atoms with Crippen LogP contribution in [0.5, 0.6) is 5.75 Å². The van der Waals surface area contributed by atoms with Gasteiger partial charge in [0, 0.05) is 62.1 Å². The molecule has 10 nitrogen and oxygen atoms in total. The van der Waals surface area contributed by atoms with E-state index in [2.05, 4.69) is 25.4 Å². The molecule has 0 aliphatic carbocycles. The van der Waals surface area contributed by atoms with Crippen molar-refractivity contribution in [3.63, 3.8) is 0 Å². The second-order valence-corrected chi connectivity index (χ2v) is 9.26. The first-order valence-electron chi connectivity index (χ1n) is 11.5. The van der Waals surface area contributed by atoms with Gasteiger partial charge < -0.3 is 24.2 Å². The van der Waals surface area contributed by atoms with Gasteiger partial charge in [0.05, 0.1) is 31.4 Å². The smallest absolute Gasteiger partial charge is 0.313 e. The molecule has 2 aromatic heterocycles. The summed E-state index contributed by atoms with van der Waals surface area (Å²) in [6.07, 6.45) is 6.37. The van der Waals surface area contributed by atoms with E-state index in [1.807, 2.05) is 19.9 Å². The van der Waals surface area contributed by atoms with Gasteiger partial charge in [-0.25, -0.2) is 4.98 Å². The Hall–Kier alpha value is -3.63. The number of oxazole rings is 1. The molecular weight excluding hydrogens is 450 g/mol. The Bertz CT molecular complexity index is 1120. The number of aromatic nitrogens is 1. The van der Waals surface area contributed by atoms with E-state index in [-0.39, 0.29) is 0 Å². The van der Waals surface area contributed by atoms with Crippen molar-refractivity contribution < 1.29 is 23.2 Å². The van der Waals surface area contributed by atoms with Crippen LogP contribution in [0.15, 0.2) is 58.2 Å². The van der Waals surface area contributed by atoms with Crippen LogP contribution in [0, 0.1) is 0 Å². The predicted octanol–water partition coefficient (Wildman–Crippen LogP) is 2.59. The van der Waals surface area contributed by atoms with Crippen molar-refractivity contribution in [3.8, 4) is 17.1 Å². The number of methoxy groups -OCH3 is 1. The summed E-state index contributed by atoms with van der Waals surface area (Å²) in [5.74, 6) is -0.391. The second kappa shape index (κ2) is 10.7. The van der Waals surface area contributed by atoms with Gasteiger partial charge in [0.1, 0.15) is 5.75 Å². The quantitative estimate of drug-likeness (QED) is 0.472. The topological polar surface area (TPSA) is 113 Å². The molecule has 1 aliphatic rings. The minimum Gasteiger partial charge on any atom is -0.496 e. The fraction of sp³-hybridized carbons (Fsp3) is 0.400. The van der Waals surface area contributed by atoms with E-state index in [0.29, 0.717) is 29.3 Å². The first-order valence-corrected chi connectivity index (χ1v) is 11.5. The van der Waals surface area contributed by atoms with Crippen molar-refractivity contribution >= 4 is 17.5 Å². The zero-order valence-electron chi connectivity index (χ0n) is 20.2. The van der Waals surface area contributed by atoms with Gasteiger partial charge in [-0.1, -0.05) is 0 Å². The Morgan fingerprint density at radius 1 is 1.11 bits per heavy atom. The molecule has 186 valence electrons. The van der Waals surface area contributed by atoms with Crippen molar-refractivity contribution in [2.45, 2.75) is 25.9 Å². The van der Waals surface area contributed by atoms with Crippen molar-refractivity contribution in [1.29, 1.82) is 0 Å². The summed E-state index contributed by atoms with van der Waals surface area (Å²) in [6, 6.07) is 7.04. The van der Waals surface area contributed by atoms with Crippen molar-refractivity contribution in [2.75, 3.05) is 45.2 Å². The van der Waals surface area contributed by atoms with Gasteiger partial charge in [-0.3, -0.25) is 19.4 Å². The van der Waals surface area contributed by atoms with Crippen molar-refractivity contribution in [1.82, 2.24) is 20.1 Å². The first-order chi connectivity index (χ1) is 16.8. The normalized spacial score (nSPS) is 15.1. The number of rotatable bonds is 8. The summed E-state index contributed by atoms with van der Waals surface area (Å²) in [5.41, 5.74) is 1.73. The average molecular weight is 482 g/mol. The Kier molecular flexibility index (Phi) is 7.52. The van der Waals surface area contributed by atoms with Gasteiger partial charge in [-0.2, -0.15) is 0 Å². The van der Waals surface area contributed by atoms with E-state index in [4.69, 9.17) is 13.6 Å². The number of carbonyl (C=O) groups excluding carboxylic acids is 2. The molecule has 0 spiro atoms. The molecule has 2 amide bonds. The van der Waals surface area contributed by atoms with Crippen LogP contribution in [-0.4, -0.2) is 72.0 Å². The van der Waals surface area contributed by atoms with Gasteiger partial charge in [-0.15, -0.1) is 0 Å². The van der Waals surface area contributed by atoms with Crippen LogP contribution in [0.3, 0.4) is 0 Å². The Labute approximate surface area is 204 Å². The van der Waals surface area contributed by atoms with Gasteiger partial charge in [0.25, 0.3) is 0 Å². The highest BCUT2D eigenvalue weighted by Gasteiger charge is 2.29. The van der Waals surface area contributed by atoms with E-state index in [9.17, 15) is 9.59 Å². The Morgan fingerprint density at radius 2 is 1.89 bits per heavy atom. The molecule has 1 fully saturated rings. The lowest BCUT2D eigenvalue weighted by molar-refractivity contribution is -0.137. The lowest BCUT2D eigenvalue weighted by atomic mass is 10.0. The third-order valence-electron chi connectivity index (χ3n) is 5.89. The minimum atomic E-state index is -0.738. The molecule has 2 N–H and O–H groups in total. The van der Waals surface area contributed by atoms with Crippen LogP contribution in [0.1, 0.15) is 19.4 Å². The number of piperazine rings is 1. The molecule has 10 heteroatoms. The lowest BCUT2D eigenvalue weighted by Gasteiger charge is -2.39. The third kappa shape index (κ3) is 6.49. The van der Waals surface area contributed by atoms with Crippen LogP contribution in [-0.2, 0) is 16.1 Å². The highest BCUT2D eigenvalue weighted by atomic mass is 16.5. The fourth-order valence-corrected chi connectivity index (χ4v) is 4.22. The average Bonchev–Trinajstić information content (AvgIpc) is 3.54. The highest BCUT2D eigenvalue weighted by molar-refractivity contribution is 6.39. The molecule has 1 saturated heterocycles. The number of carbonyl (C=O) groups is 2. The third-order valence-corrected chi connectivity index (χ3v) is 5.89. The molecule has 1 aromatic carbocycles.